The number of nitrogens with zero attached hydrogens (tertiary/aromatic N) is 2. The first-order chi connectivity index (χ1) is 11.7. The highest BCUT2D eigenvalue weighted by molar-refractivity contribution is 5.79. The average molecular weight is 338 g/mol. The Labute approximate surface area is 144 Å². The smallest absolute Gasteiger partial charge is 0.216 e. The second-order valence-corrected chi connectivity index (χ2v) is 5.93. The standard InChI is InChI=1S/C17H30N4O3/c1-4-18-17(20-11-16-21-13(2)14(3)24-16)19-8-6-9-22-12-15-7-5-10-23-15/h15H,4-12H2,1-3H3,(H2,18,19,20). The Morgan fingerprint density at radius 2 is 2.25 bits per heavy atom. The van der Waals surface area contributed by atoms with Crippen molar-refractivity contribution in [3.05, 3.63) is 17.3 Å². The van der Waals surface area contributed by atoms with Crippen molar-refractivity contribution in [1.29, 1.82) is 0 Å². The molecule has 7 nitrogen and oxygen atoms in total. The monoisotopic (exact) mass is 338 g/mol. The number of rotatable bonds is 9. The molecule has 0 amide bonds. The van der Waals surface area contributed by atoms with E-state index in [0.29, 0.717) is 25.1 Å². The van der Waals surface area contributed by atoms with Crippen molar-refractivity contribution in [2.75, 3.05) is 32.9 Å². The largest absolute Gasteiger partial charge is 0.444 e. The summed E-state index contributed by atoms with van der Waals surface area (Å²) < 4.78 is 16.7. The van der Waals surface area contributed by atoms with Crippen LogP contribution in [0.4, 0.5) is 0 Å². The van der Waals surface area contributed by atoms with E-state index in [9.17, 15) is 0 Å². The van der Waals surface area contributed by atoms with Gasteiger partial charge in [0.05, 0.1) is 18.4 Å². The van der Waals surface area contributed by atoms with Gasteiger partial charge in [0, 0.05) is 26.3 Å². The lowest BCUT2D eigenvalue weighted by Gasteiger charge is -2.12. The lowest BCUT2D eigenvalue weighted by molar-refractivity contribution is 0.0168. The van der Waals surface area contributed by atoms with Gasteiger partial charge < -0.3 is 24.5 Å². The van der Waals surface area contributed by atoms with E-state index < -0.39 is 0 Å². The zero-order valence-corrected chi connectivity index (χ0v) is 15.1. The second-order valence-electron chi connectivity index (χ2n) is 5.93. The minimum atomic E-state index is 0.296. The summed E-state index contributed by atoms with van der Waals surface area (Å²) >= 11 is 0. The molecule has 0 spiro atoms. The zero-order valence-electron chi connectivity index (χ0n) is 15.1. The van der Waals surface area contributed by atoms with Gasteiger partial charge in [-0.15, -0.1) is 0 Å². The molecule has 2 N–H and O–H groups in total. The molecule has 1 aromatic heterocycles. The fraction of sp³-hybridized carbons (Fsp3) is 0.765. The SMILES string of the molecule is CCNC(=NCc1nc(C)c(C)o1)NCCCOCC1CCCO1. The molecule has 0 radical (unpaired) electrons. The minimum absolute atomic E-state index is 0.296. The number of oxazole rings is 1. The summed E-state index contributed by atoms with van der Waals surface area (Å²) in [5.41, 5.74) is 0.918. The van der Waals surface area contributed by atoms with Crippen molar-refractivity contribution in [2.24, 2.45) is 4.99 Å². The summed E-state index contributed by atoms with van der Waals surface area (Å²) in [5.74, 6) is 2.26. The molecule has 1 aromatic rings. The third-order valence-corrected chi connectivity index (χ3v) is 3.88. The molecule has 0 aromatic carbocycles. The Hall–Kier alpha value is -1.60. The topological polar surface area (TPSA) is 80.9 Å². The van der Waals surface area contributed by atoms with Crippen molar-refractivity contribution in [3.8, 4) is 0 Å². The molecule has 24 heavy (non-hydrogen) atoms. The van der Waals surface area contributed by atoms with Crippen LogP contribution in [0.2, 0.25) is 0 Å². The Morgan fingerprint density at radius 1 is 1.38 bits per heavy atom. The average Bonchev–Trinajstić information content (AvgIpc) is 3.18. The Bertz CT molecular complexity index is 490. The van der Waals surface area contributed by atoms with E-state index >= 15 is 0 Å². The number of hydrogen-bond acceptors (Lipinski definition) is 5. The summed E-state index contributed by atoms with van der Waals surface area (Å²) in [4.78, 5) is 8.84. The van der Waals surface area contributed by atoms with Gasteiger partial charge in [0.25, 0.3) is 0 Å². The molecule has 1 atom stereocenters. The molecule has 1 unspecified atom stereocenters. The molecule has 1 saturated heterocycles. The maximum absolute atomic E-state index is 5.65. The maximum Gasteiger partial charge on any atom is 0.216 e. The van der Waals surface area contributed by atoms with E-state index in [1.165, 1.54) is 0 Å². The number of nitrogens with one attached hydrogen (secondary N) is 2. The lowest BCUT2D eigenvalue weighted by Crippen LogP contribution is -2.38. The molecule has 0 aliphatic carbocycles. The Morgan fingerprint density at radius 3 is 2.92 bits per heavy atom. The van der Waals surface area contributed by atoms with Crippen molar-refractivity contribution < 1.29 is 13.9 Å². The van der Waals surface area contributed by atoms with E-state index in [-0.39, 0.29) is 0 Å². The summed E-state index contributed by atoms with van der Waals surface area (Å²) in [6.45, 7) is 10.2. The van der Waals surface area contributed by atoms with Gasteiger partial charge in [-0.1, -0.05) is 0 Å². The number of aliphatic imine (C=N–C) groups is 1. The first kappa shape index (κ1) is 18.7. The van der Waals surface area contributed by atoms with Crippen LogP contribution in [-0.2, 0) is 16.0 Å². The van der Waals surface area contributed by atoms with Gasteiger partial charge in [-0.3, -0.25) is 0 Å². The minimum Gasteiger partial charge on any atom is -0.444 e. The molecular formula is C17H30N4O3. The van der Waals surface area contributed by atoms with Gasteiger partial charge in [-0.05, 0) is 40.0 Å². The highest BCUT2D eigenvalue weighted by Crippen LogP contribution is 2.12. The van der Waals surface area contributed by atoms with Gasteiger partial charge in [0.15, 0.2) is 5.96 Å². The molecule has 1 aliphatic rings. The molecule has 0 saturated carbocycles. The van der Waals surface area contributed by atoms with Crippen LogP contribution in [0.15, 0.2) is 9.41 Å². The van der Waals surface area contributed by atoms with Gasteiger partial charge >= 0.3 is 0 Å². The molecule has 7 heteroatoms. The molecule has 2 heterocycles. The highest BCUT2D eigenvalue weighted by atomic mass is 16.5. The van der Waals surface area contributed by atoms with Crippen molar-refractivity contribution in [1.82, 2.24) is 15.6 Å². The zero-order chi connectivity index (χ0) is 17.2. The second kappa shape index (κ2) is 10.3. The predicted octanol–water partition coefficient (Wildman–Crippen LogP) is 1.93. The molecule has 1 fully saturated rings. The first-order valence-electron chi connectivity index (χ1n) is 8.83. The van der Waals surface area contributed by atoms with Crippen molar-refractivity contribution in [2.45, 2.75) is 52.7 Å². The number of ether oxygens (including phenoxy) is 2. The molecular weight excluding hydrogens is 308 g/mol. The first-order valence-corrected chi connectivity index (χ1v) is 8.83. The number of aromatic nitrogens is 1. The van der Waals surface area contributed by atoms with Crippen LogP contribution in [0.3, 0.4) is 0 Å². The fourth-order valence-electron chi connectivity index (χ4n) is 2.47. The summed E-state index contributed by atoms with van der Waals surface area (Å²) in [7, 11) is 0. The van der Waals surface area contributed by atoms with Gasteiger partial charge in [-0.2, -0.15) is 0 Å². The van der Waals surface area contributed by atoms with E-state index in [4.69, 9.17) is 13.9 Å². The molecule has 2 rings (SSSR count). The Balaban J connectivity index is 1.63. The summed E-state index contributed by atoms with van der Waals surface area (Å²) in [6, 6.07) is 0. The van der Waals surface area contributed by atoms with Crippen LogP contribution < -0.4 is 10.6 Å². The molecule has 1 aliphatic heterocycles. The summed E-state index contributed by atoms with van der Waals surface area (Å²) in [5, 5.41) is 6.52. The molecule has 136 valence electrons. The van der Waals surface area contributed by atoms with Crippen molar-refractivity contribution >= 4 is 5.96 Å². The van der Waals surface area contributed by atoms with Crippen LogP contribution in [0.5, 0.6) is 0 Å². The Kier molecular flexibility index (Phi) is 8.04. The fourth-order valence-corrected chi connectivity index (χ4v) is 2.47. The highest BCUT2D eigenvalue weighted by Gasteiger charge is 2.14. The molecule has 0 bridgehead atoms. The van der Waals surface area contributed by atoms with Crippen molar-refractivity contribution in [3.63, 3.8) is 0 Å². The normalized spacial score (nSPS) is 18.1. The van der Waals surface area contributed by atoms with E-state index in [1.54, 1.807) is 0 Å². The van der Waals surface area contributed by atoms with Crippen LogP contribution in [0.1, 0.15) is 43.5 Å². The van der Waals surface area contributed by atoms with E-state index in [1.807, 2.05) is 20.8 Å². The number of hydrogen-bond donors (Lipinski definition) is 2. The van der Waals surface area contributed by atoms with Crippen LogP contribution in [0, 0.1) is 13.8 Å². The van der Waals surface area contributed by atoms with E-state index in [0.717, 1.165) is 63.0 Å². The van der Waals surface area contributed by atoms with Crippen LogP contribution in [0.25, 0.3) is 0 Å². The number of aryl methyl sites for hydroxylation is 2. The lowest BCUT2D eigenvalue weighted by atomic mass is 10.2. The summed E-state index contributed by atoms with van der Waals surface area (Å²) in [6.07, 6.45) is 3.50. The number of guanidine groups is 1. The van der Waals surface area contributed by atoms with Gasteiger partial charge in [-0.25, -0.2) is 9.98 Å². The van der Waals surface area contributed by atoms with Gasteiger partial charge in [0.2, 0.25) is 5.89 Å². The third-order valence-electron chi connectivity index (χ3n) is 3.88. The maximum atomic E-state index is 5.65. The predicted molar refractivity (Wildman–Crippen MR) is 93.2 cm³/mol. The van der Waals surface area contributed by atoms with Crippen LogP contribution >= 0.6 is 0 Å². The quantitative estimate of drug-likeness (QED) is 0.407. The van der Waals surface area contributed by atoms with Gasteiger partial charge in [0.1, 0.15) is 12.3 Å². The van der Waals surface area contributed by atoms with E-state index in [2.05, 4.69) is 20.6 Å². The third kappa shape index (κ3) is 6.49. The van der Waals surface area contributed by atoms with Crippen LogP contribution in [-0.4, -0.2) is 50.0 Å².